The average Bonchev–Trinajstić information content (AvgIpc) is 2.28. The SMILES string of the molecule is [2H]C1([2H])Cc2cc(OC(F)(F)F)c(F)cc2C([2H])([2H])C1C. The van der Waals surface area contributed by atoms with E-state index in [1.807, 2.05) is 0 Å². The van der Waals surface area contributed by atoms with Crippen molar-refractivity contribution < 1.29 is 27.8 Å². The van der Waals surface area contributed by atoms with Crippen molar-refractivity contribution >= 4 is 0 Å². The summed E-state index contributed by atoms with van der Waals surface area (Å²) in [7, 11) is 0. The van der Waals surface area contributed by atoms with Gasteiger partial charge in [-0.1, -0.05) is 6.92 Å². The number of rotatable bonds is 1. The molecule has 0 saturated carbocycles. The highest BCUT2D eigenvalue weighted by atomic mass is 19.4. The monoisotopic (exact) mass is 252 g/mol. The number of benzene rings is 1. The first-order valence-electron chi connectivity index (χ1n) is 6.93. The Kier molecular flexibility index (Phi) is 1.96. The minimum absolute atomic E-state index is 0.0243. The second kappa shape index (κ2) is 4.20. The van der Waals surface area contributed by atoms with E-state index in [9.17, 15) is 17.6 Å². The molecule has 0 bridgehead atoms. The standard InChI is InChI=1S/C12H12F4O/c1-7-2-3-8-6-11(17-12(14,15)16)10(13)5-9(8)4-7/h5-7H,2-4H2,1H3/i2D2,4D2. The molecule has 1 aliphatic rings. The second-order valence-corrected chi connectivity index (χ2v) is 3.73. The van der Waals surface area contributed by atoms with Gasteiger partial charge in [-0.3, -0.25) is 0 Å². The van der Waals surface area contributed by atoms with Gasteiger partial charge < -0.3 is 4.74 Å². The Morgan fingerprint density at radius 3 is 2.71 bits per heavy atom. The molecule has 17 heavy (non-hydrogen) atoms. The number of halogens is 4. The van der Waals surface area contributed by atoms with Crippen LogP contribution in [0.2, 0.25) is 0 Å². The minimum atomic E-state index is -5.07. The summed E-state index contributed by atoms with van der Waals surface area (Å²) in [5.41, 5.74) is -0.166. The van der Waals surface area contributed by atoms with E-state index in [0.717, 1.165) is 6.07 Å². The first-order chi connectivity index (χ1) is 9.34. The summed E-state index contributed by atoms with van der Waals surface area (Å²) < 4.78 is 85.2. The lowest BCUT2D eigenvalue weighted by Gasteiger charge is -2.22. The van der Waals surface area contributed by atoms with Crippen LogP contribution < -0.4 is 4.74 Å². The van der Waals surface area contributed by atoms with Crippen LogP contribution in [0.15, 0.2) is 12.1 Å². The molecule has 0 amide bonds. The third-order valence-corrected chi connectivity index (χ3v) is 2.35. The van der Waals surface area contributed by atoms with E-state index in [1.165, 1.54) is 6.92 Å². The smallest absolute Gasteiger partial charge is 0.403 e. The van der Waals surface area contributed by atoms with Gasteiger partial charge in [-0.15, -0.1) is 13.2 Å². The Hall–Kier alpha value is -1.26. The zero-order valence-corrected chi connectivity index (χ0v) is 8.86. The van der Waals surface area contributed by atoms with E-state index < -0.39 is 36.6 Å². The Morgan fingerprint density at radius 2 is 2.06 bits per heavy atom. The maximum atomic E-state index is 13.7. The molecule has 1 atom stereocenters. The first kappa shape index (κ1) is 7.95. The number of hydrogen-bond acceptors (Lipinski definition) is 1. The predicted molar refractivity (Wildman–Crippen MR) is 54.3 cm³/mol. The average molecular weight is 252 g/mol. The van der Waals surface area contributed by atoms with Crippen molar-refractivity contribution in [3.05, 3.63) is 29.1 Å². The van der Waals surface area contributed by atoms with Crippen LogP contribution in [0.1, 0.15) is 29.9 Å². The lowest BCUT2D eigenvalue weighted by Crippen LogP contribution is -2.19. The molecule has 0 radical (unpaired) electrons. The summed E-state index contributed by atoms with van der Waals surface area (Å²) in [6.45, 7) is 1.35. The largest absolute Gasteiger partial charge is 0.573 e. The van der Waals surface area contributed by atoms with Crippen molar-refractivity contribution in [2.24, 2.45) is 5.92 Å². The molecule has 0 heterocycles. The van der Waals surface area contributed by atoms with Crippen LogP contribution in [0.4, 0.5) is 17.6 Å². The number of aryl methyl sites for hydroxylation is 1. The fraction of sp³-hybridized carbons (Fsp3) is 0.500. The molecule has 0 aromatic heterocycles. The van der Waals surface area contributed by atoms with Crippen LogP contribution in [0.3, 0.4) is 0 Å². The Balaban J connectivity index is 2.55. The van der Waals surface area contributed by atoms with Gasteiger partial charge in [-0.2, -0.15) is 0 Å². The summed E-state index contributed by atoms with van der Waals surface area (Å²) in [5, 5.41) is 0. The molecule has 1 unspecified atom stereocenters. The van der Waals surface area contributed by atoms with Gasteiger partial charge in [-0.25, -0.2) is 4.39 Å². The molecule has 0 spiro atoms. The van der Waals surface area contributed by atoms with E-state index in [0.29, 0.717) is 6.07 Å². The summed E-state index contributed by atoms with van der Waals surface area (Å²) in [6.07, 6.45) is -9.52. The predicted octanol–water partition coefficient (Wildman–Crippen LogP) is 3.85. The first-order valence-corrected chi connectivity index (χ1v) is 4.93. The molecule has 1 aromatic rings. The molecule has 1 aliphatic carbocycles. The van der Waals surface area contributed by atoms with Crippen molar-refractivity contribution in [1.29, 1.82) is 0 Å². The molecule has 0 fully saturated rings. The molecule has 2 rings (SSSR count). The second-order valence-electron chi connectivity index (χ2n) is 3.73. The number of fused-ring (bicyclic) bond motifs is 1. The van der Waals surface area contributed by atoms with Crippen molar-refractivity contribution in [3.63, 3.8) is 0 Å². The van der Waals surface area contributed by atoms with Gasteiger partial charge in [0.15, 0.2) is 11.6 Å². The Morgan fingerprint density at radius 1 is 1.35 bits per heavy atom. The maximum absolute atomic E-state index is 13.7. The zero-order valence-electron chi connectivity index (χ0n) is 12.9. The quantitative estimate of drug-likeness (QED) is 0.690. The lowest BCUT2D eigenvalue weighted by molar-refractivity contribution is -0.275. The lowest BCUT2D eigenvalue weighted by atomic mass is 9.85. The van der Waals surface area contributed by atoms with Crippen LogP contribution in [0, 0.1) is 11.7 Å². The third-order valence-electron chi connectivity index (χ3n) is 2.35. The van der Waals surface area contributed by atoms with E-state index >= 15 is 0 Å². The summed E-state index contributed by atoms with van der Waals surface area (Å²) >= 11 is 0. The van der Waals surface area contributed by atoms with Crippen molar-refractivity contribution in [2.45, 2.75) is 32.5 Å². The van der Waals surface area contributed by atoms with E-state index in [2.05, 4.69) is 4.74 Å². The summed E-state index contributed by atoms with van der Waals surface area (Å²) in [6, 6.07) is 1.38. The number of alkyl halides is 3. The molecule has 0 aliphatic heterocycles. The van der Waals surface area contributed by atoms with E-state index in [-0.39, 0.29) is 17.5 Å². The maximum Gasteiger partial charge on any atom is 0.573 e. The van der Waals surface area contributed by atoms with Gasteiger partial charge in [0, 0.05) is 5.48 Å². The molecule has 5 heteroatoms. The molecular formula is C12H12F4O. The van der Waals surface area contributed by atoms with Crippen LogP contribution in [-0.4, -0.2) is 6.36 Å². The fourth-order valence-electron chi connectivity index (χ4n) is 1.63. The molecule has 0 saturated heterocycles. The van der Waals surface area contributed by atoms with E-state index in [4.69, 9.17) is 5.48 Å². The highest BCUT2D eigenvalue weighted by molar-refractivity contribution is 5.38. The summed E-state index contributed by atoms with van der Waals surface area (Å²) in [4.78, 5) is 0. The zero-order chi connectivity index (χ0) is 16.2. The Labute approximate surface area is 102 Å². The van der Waals surface area contributed by atoms with Crippen LogP contribution in [0.5, 0.6) is 5.75 Å². The minimum Gasteiger partial charge on any atom is -0.403 e. The molecule has 0 N–H and O–H groups in total. The highest BCUT2D eigenvalue weighted by Crippen LogP contribution is 2.32. The fourth-order valence-corrected chi connectivity index (χ4v) is 1.63. The van der Waals surface area contributed by atoms with Gasteiger partial charge in [0.25, 0.3) is 0 Å². The van der Waals surface area contributed by atoms with Crippen LogP contribution in [-0.2, 0) is 12.8 Å². The van der Waals surface area contributed by atoms with Crippen LogP contribution in [0.25, 0.3) is 0 Å². The van der Waals surface area contributed by atoms with Gasteiger partial charge >= 0.3 is 6.36 Å². The normalized spacial score (nSPS) is 29.4. The molecule has 1 aromatic carbocycles. The van der Waals surface area contributed by atoms with Crippen molar-refractivity contribution in [2.75, 3.05) is 0 Å². The van der Waals surface area contributed by atoms with Gasteiger partial charge in [0.1, 0.15) is 0 Å². The van der Waals surface area contributed by atoms with E-state index in [1.54, 1.807) is 0 Å². The van der Waals surface area contributed by atoms with Gasteiger partial charge in [-0.05, 0) is 48.3 Å². The third kappa shape index (κ3) is 2.90. The number of ether oxygens (including phenoxy) is 1. The molecular weight excluding hydrogens is 236 g/mol. The molecule has 1 nitrogen and oxygen atoms in total. The van der Waals surface area contributed by atoms with Crippen molar-refractivity contribution in [1.82, 2.24) is 0 Å². The highest BCUT2D eigenvalue weighted by Gasteiger charge is 2.33. The van der Waals surface area contributed by atoms with Gasteiger partial charge in [0.2, 0.25) is 0 Å². The number of hydrogen-bond donors (Lipinski definition) is 0. The van der Waals surface area contributed by atoms with Gasteiger partial charge in [0.05, 0.1) is 0 Å². The van der Waals surface area contributed by atoms with Crippen molar-refractivity contribution in [3.8, 4) is 5.75 Å². The summed E-state index contributed by atoms with van der Waals surface area (Å²) in [5.74, 6) is -3.47. The Bertz CT molecular complexity index is 571. The molecule has 94 valence electrons. The van der Waals surface area contributed by atoms with Crippen LogP contribution >= 0.6 is 0 Å². The topological polar surface area (TPSA) is 9.23 Å².